The Balaban J connectivity index is 2.20. The van der Waals surface area contributed by atoms with Crippen LogP contribution in [0.2, 0.25) is 0 Å². The molecule has 35 heavy (non-hydrogen) atoms. The molecule has 0 radical (unpaired) electrons. The molecule has 1 N–H and O–H groups in total. The summed E-state index contributed by atoms with van der Waals surface area (Å²) >= 11 is 0. The number of nitrogens with one attached hydrogen (secondary N) is 1. The number of nitrogens with zero attached hydrogens (tertiary/aromatic N) is 2. The zero-order valence-electron chi connectivity index (χ0n) is 20.9. The highest BCUT2D eigenvalue weighted by molar-refractivity contribution is 7.92. The van der Waals surface area contributed by atoms with E-state index in [1.807, 2.05) is 20.8 Å². The molecule has 0 saturated heterocycles. The van der Waals surface area contributed by atoms with Gasteiger partial charge in [-0.05, 0) is 56.0 Å². The maximum absolute atomic E-state index is 13.4. The SMILES string of the molecule is CC[C@H](C(=O)N[C@@H](C)CC)N(Cc1ccc(F)cc1)C(=O)CCCN(c1ccccc1)S(C)(=O)=O. The van der Waals surface area contributed by atoms with Crippen LogP contribution in [0.4, 0.5) is 10.1 Å². The highest BCUT2D eigenvalue weighted by Crippen LogP contribution is 2.19. The second-order valence-electron chi connectivity index (χ2n) is 8.66. The Morgan fingerprint density at radius 1 is 1.00 bits per heavy atom. The Kier molecular flexibility index (Phi) is 10.7. The van der Waals surface area contributed by atoms with E-state index >= 15 is 0 Å². The van der Waals surface area contributed by atoms with Crippen molar-refractivity contribution in [2.24, 2.45) is 0 Å². The standard InChI is InChI=1S/C26H36FN3O4S/c1-5-20(3)28-26(32)24(6-2)29(19-21-14-16-22(27)17-15-21)25(31)13-10-18-30(35(4,33)34)23-11-8-7-9-12-23/h7-9,11-12,14-17,20,24H,5-6,10,13,18-19H2,1-4H3,(H,28,32)/t20-,24+/m0/s1. The van der Waals surface area contributed by atoms with Crippen LogP contribution in [-0.2, 0) is 26.2 Å². The van der Waals surface area contributed by atoms with Crippen molar-refractivity contribution in [1.82, 2.24) is 10.2 Å². The number of carbonyl (C=O) groups excluding carboxylic acids is 2. The van der Waals surface area contributed by atoms with Gasteiger partial charge in [-0.3, -0.25) is 13.9 Å². The van der Waals surface area contributed by atoms with Gasteiger partial charge in [-0.2, -0.15) is 0 Å². The lowest BCUT2D eigenvalue weighted by atomic mass is 10.1. The van der Waals surface area contributed by atoms with Gasteiger partial charge < -0.3 is 10.2 Å². The number of benzene rings is 2. The summed E-state index contributed by atoms with van der Waals surface area (Å²) in [5.41, 5.74) is 1.24. The molecule has 0 aliphatic heterocycles. The van der Waals surface area contributed by atoms with E-state index in [1.165, 1.54) is 21.3 Å². The Bertz CT molecular complexity index is 1060. The summed E-state index contributed by atoms with van der Waals surface area (Å²) in [5.74, 6) is -0.878. The van der Waals surface area contributed by atoms with Crippen LogP contribution in [0, 0.1) is 5.82 Å². The van der Waals surface area contributed by atoms with E-state index in [0.717, 1.165) is 12.7 Å². The fourth-order valence-corrected chi connectivity index (χ4v) is 4.71. The highest BCUT2D eigenvalue weighted by Gasteiger charge is 2.29. The molecule has 2 amide bonds. The number of anilines is 1. The Morgan fingerprint density at radius 2 is 1.63 bits per heavy atom. The molecule has 2 aromatic carbocycles. The molecule has 7 nitrogen and oxygen atoms in total. The number of amides is 2. The van der Waals surface area contributed by atoms with Gasteiger partial charge in [0.05, 0.1) is 11.9 Å². The van der Waals surface area contributed by atoms with Gasteiger partial charge in [0.15, 0.2) is 0 Å². The molecule has 0 unspecified atom stereocenters. The molecule has 0 aromatic heterocycles. The van der Waals surface area contributed by atoms with Crippen molar-refractivity contribution in [3.8, 4) is 0 Å². The first-order valence-electron chi connectivity index (χ1n) is 11.9. The van der Waals surface area contributed by atoms with E-state index in [0.29, 0.717) is 17.7 Å². The molecule has 0 bridgehead atoms. The quantitative estimate of drug-likeness (QED) is 0.444. The number of hydrogen-bond acceptors (Lipinski definition) is 4. The maximum atomic E-state index is 13.4. The number of rotatable bonds is 13. The zero-order valence-corrected chi connectivity index (χ0v) is 21.7. The smallest absolute Gasteiger partial charge is 0.243 e. The van der Waals surface area contributed by atoms with Crippen LogP contribution >= 0.6 is 0 Å². The lowest BCUT2D eigenvalue weighted by Gasteiger charge is -2.32. The van der Waals surface area contributed by atoms with Gasteiger partial charge >= 0.3 is 0 Å². The second kappa shape index (κ2) is 13.2. The first kappa shape index (κ1) is 28.3. The van der Waals surface area contributed by atoms with Crippen LogP contribution in [0.25, 0.3) is 0 Å². The fourth-order valence-electron chi connectivity index (χ4n) is 3.75. The summed E-state index contributed by atoms with van der Waals surface area (Å²) in [5, 5.41) is 2.95. The van der Waals surface area contributed by atoms with Gasteiger partial charge in [0, 0.05) is 25.6 Å². The molecule has 0 aliphatic carbocycles. The van der Waals surface area contributed by atoms with Gasteiger partial charge in [-0.1, -0.05) is 44.2 Å². The fraction of sp³-hybridized carbons (Fsp3) is 0.462. The first-order chi connectivity index (χ1) is 16.6. The molecule has 0 aliphatic rings. The van der Waals surface area contributed by atoms with Gasteiger partial charge in [0.2, 0.25) is 21.8 Å². The van der Waals surface area contributed by atoms with Crippen LogP contribution in [0.15, 0.2) is 54.6 Å². The monoisotopic (exact) mass is 505 g/mol. The zero-order chi connectivity index (χ0) is 26.0. The van der Waals surface area contributed by atoms with E-state index in [1.54, 1.807) is 42.5 Å². The van der Waals surface area contributed by atoms with Crippen LogP contribution in [0.1, 0.15) is 52.0 Å². The van der Waals surface area contributed by atoms with Crippen LogP contribution < -0.4 is 9.62 Å². The maximum Gasteiger partial charge on any atom is 0.243 e. The number of hydrogen-bond donors (Lipinski definition) is 1. The van der Waals surface area contributed by atoms with Gasteiger partial charge in [0.25, 0.3) is 0 Å². The summed E-state index contributed by atoms with van der Waals surface area (Å²) in [6.07, 6.45) is 2.65. The van der Waals surface area contributed by atoms with E-state index in [2.05, 4.69) is 5.32 Å². The number of para-hydroxylation sites is 1. The van der Waals surface area contributed by atoms with Crippen LogP contribution in [-0.4, -0.2) is 50.0 Å². The summed E-state index contributed by atoms with van der Waals surface area (Å²) in [6.45, 7) is 6.00. The summed E-state index contributed by atoms with van der Waals surface area (Å²) in [6, 6.07) is 13.8. The molecule has 0 fully saturated rings. The Labute approximate surface area is 208 Å². The minimum Gasteiger partial charge on any atom is -0.352 e. The van der Waals surface area contributed by atoms with Crippen molar-refractivity contribution in [3.05, 3.63) is 66.0 Å². The molecular formula is C26H36FN3O4S. The molecule has 9 heteroatoms. The van der Waals surface area contributed by atoms with E-state index in [4.69, 9.17) is 0 Å². The van der Waals surface area contributed by atoms with Crippen LogP contribution in [0.3, 0.4) is 0 Å². The predicted molar refractivity (Wildman–Crippen MR) is 137 cm³/mol. The second-order valence-corrected chi connectivity index (χ2v) is 10.6. The van der Waals surface area contributed by atoms with Gasteiger partial charge in [0.1, 0.15) is 11.9 Å². The molecule has 0 heterocycles. The normalized spacial score (nSPS) is 13.1. The van der Waals surface area contributed by atoms with Crippen molar-refractivity contribution in [2.75, 3.05) is 17.1 Å². The minimum atomic E-state index is -3.53. The molecular weight excluding hydrogens is 469 g/mol. The Morgan fingerprint density at radius 3 is 2.17 bits per heavy atom. The van der Waals surface area contributed by atoms with Crippen molar-refractivity contribution >= 4 is 27.5 Å². The van der Waals surface area contributed by atoms with Gasteiger partial charge in [-0.25, -0.2) is 12.8 Å². The molecule has 2 atom stereocenters. The van der Waals surface area contributed by atoms with Gasteiger partial charge in [-0.15, -0.1) is 0 Å². The summed E-state index contributed by atoms with van der Waals surface area (Å²) in [4.78, 5) is 27.8. The Hall–Kier alpha value is -2.94. The van der Waals surface area contributed by atoms with Crippen molar-refractivity contribution < 1.29 is 22.4 Å². The highest BCUT2D eigenvalue weighted by atomic mass is 32.2. The average molecular weight is 506 g/mol. The third-order valence-electron chi connectivity index (χ3n) is 5.85. The van der Waals surface area contributed by atoms with E-state index in [9.17, 15) is 22.4 Å². The molecule has 2 aromatic rings. The van der Waals surface area contributed by atoms with Crippen molar-refractivity contribution in [3.63, 3.8) is 0 Å². The lowest BCUT2D eigenvalue weighted by molar-refractivity contribution is -0.141. The predicted octanol–water partition coefficient (Wildman–Crippen LogP) is 4.09. The lowest BCUT2D eigenvalue weighted by Crippen LogP contribution is -2.50. The van der Waals surface area contributed by atoms with E-state index in [-0.39, 0.29) is 49.6 Å². The third kappa shape index (κ3) is 8.65. The average Bonchev–Trinajstić information content (AvgIpc) is 2.82. The summed E-state index contributed by atoms with van der Waals surface area (Å²) in [7, 11) is -3.53. The topological polar surface area (TPSA) is 86.8 Å². The molecule has 0 spiro atoms. The third-order valence-corrected chi connectivity index (χ3v) is 7.04. The van der Waals surface area contributed by atoms with Crippen molar-refractivity contribution in [2.45, 2.75) is 65.1 Å². The minimum absolute atomic E-state index is 0.0338. The number of sulfonamides is 1. The van der Waals surface area contributed by atoms with Crippen LogP contribution in [0.5, 0.6) is 0 Å². The largest absolute Gasteiger partial charge is 0.352 e. The molecule has 192 valence electrons. The summed E-state index contributed by atoms with van der Waals surface area (Å²) < 4.78 is 39.3. The van der Waals surface area contributed by atoms with Crippen molar-refractivity contribution in [1.29, 1.82) is 0 Å². The van der Waals surface area contributed by atoms with E-state index < -0.39 is 16.1 Å². The molecule has 0 saturated carbocycles. The number of carbonyl (C=O) groups is 2. The number of halogens is 1. The first-order valence-corrected chi connectivity index (χ1v) is 13.8. The molecule has 2 rings (SSSR count).